The van der Waals surface area contributed by atoms with Crippen molar-refractivity contribution in [1.29, 1.82) is 0 Å². The zero-order valence-electron chi connectivity index (χ0n) is 8.50. The van der Waals surface area contributed by atoms with Gasteiger partial charge in [0, 0.05) is 5.41 Å². The van der Waals surface area contributed by atoms with E-state index in [2.05, 4.69) is 12.2 Å². The topological polar surface area (TPSA) is 40.5 Å². The van der Waals surface area contributed by atoms with Crippen LogP contribution in [0.3, 0.4) is 0 Å². The van der Waals surface area contributed by atoms with Gasteiger partial charge in [-0.2, -0.15) is 0 Å². The third-order valence-electron chi connectivity index (χ3n) is 5.53. The van der Waals surface area contributed by atoms with Crippen molar-refractivity contribution < 1.29 is 10.2 Å². The van der Waals surface area contributed by atoms with Crippen LogP contribution in [0.2, 0.25) is 0 Å². The first-order valence-corrected chi connectivity index (χ1v) is 5.65. The molecule has 0 aliphatic heterocycles. The zero-order chi connectivity index (χ0) is 9.86. The highest BCUT2D eigenvalue weighted by atomic mass is 16.3. The number of aliphatic hydroxyl groups is 2. The SMILES string of the molecule is OCC1(CO)C23CC=CCC12CCC3. The quantitative estimate of drug-likeness (QED) is 0.654. The lowest BCUT2D eigenvalue weighted by Gasteiger charge is -2.21. The van der Waals surface area contributed by atoms with Gasteiger partial charge in [0.15, 0.2) is 0 Å². The van der Waals surface area contributed by atoms with Gasteiger partial charge in [-0.05, 0) is 36.5 Å². The number of aliphatic hydroxyl groups excluding tert-OH is 2. The van der Waals surface area contributed by atoms with Crippen molar-refractivity contribution in [3.63, 3.8) is 0 Å². The Labute approximate surface area is 84.6 Å². The molecule has 0 spiro atoms. The largest absolute Gasteiger partial charge is 0.396 e. The van der Waals surface area contributed by atoms with Gasteiger partial charge in [0.1, 0.15) is 0 Å². The summed E-state index contributed by atoms with van der Waals surface area (Å²) in [6, 6.07) is 0. The molecule has 2 nitrogen and oxygen atoms in total. The second-order valence-electron chi connectivity index (χ2n) is 5.30. The molecule has 0 amide bonds. The molecule has 3 aliphatic carbocycles. The Morgan fingerprint density at radius 3 is 1.86 bits per heavy atom. The minimum absolute atomic E-state index is 0.151. The number of hydrogen-bond donors (Lipinski definition) is 2. The molecule has 0 bridgehead atoms. The summed E-state index contributed by atoms with van der Waals surface area (Å²) in [6.45, 7) is 0.344. The molecular formula is C12H18O2. The minimum atomic E-state index is -0.151. The summed E-state index contributed by atoms with van der Waals surface area (Å²) < 4.78 is 0. The third kappa shape index (κ3) is 0.583. The monoisotopic (exact) mass is 194 g/mol. The molecule has 2 fully saturated rings. The normalized spacial score (nSPS) is 47.3. The van der Waals surface area contributed by atoms with E-state index in [4.69, 9.17) is 0 Å². The van der Waals surface area contributed by atoms with Crippen molar-refractivity contribution in [2.45, 2.75) is 32.1 Å². The summed E-state index contributed by atoms with van der Waals surface area (Å²) in [7, 11) is 0. The molecule has 2 unspecified atom stereocenters. The van der Waals surface area contributed by atoms with Gasteiger partial charge in [0.25, 0.3) is 0 Å². The highest BCUT2D eigenvalue weighted by molar-refractivity contribution is 5.37. The molecular weight excluding hydrogens is 176 g/mol. The first kappa shape index (κ1) is 8.93. The van der Waals surface area contributed by atoms with Crippen molar-refractivity contribution >= 4 is 0 Å². The highest BCUT2D eigenvalue weighted by Gasteiger charge is 2.85. The van der Waals surface area contributed by atoms with Crippen LogP contribution in [0.4, 0.5) is 0 Å². The van der Waals surface area contributed by atoms with Crippen molar-refractivity contribution in [1.82, 2.24) is 0 Å². The predicted molar refractivity (Wildman–Crippen MR) is 53.7 cm³/mol. The molecule has 0 aromatic heterocycles. The van der Waals surface area contributed by atoms with E-state index >= 15 is 0 Å². The van der Waals surface area contributed by atoms with Crippen molar-refractivity contribution in [3.8, 4) is 0 Å². The van der Waals surface area contributed by atoms with Gasteiger partial charge < -0.3 is 10.2 Å². The van der Waals surface area contributed by atoms with E-state index in [-0.39, 0.29) is 29.5 Å². The molecule has 3 aliphatic rings. The van der Waals surface area contributed by atoms with E-state index in [1.54, 1.807) is 0 Å². The fraction of sp³-hybridized carbons (Fsp3) is 0.833. The fourth-order valence-electron chi connectivity index (χ4n) is 4.87. The lowest BCUT2D eigenvalue weighted by Crippen LogP contribution is -2.25. The van der Waals surface area contributed by atoms with Crippen LogP contribution in [-0.4, -0.2) is 23.4 Å². The van der Waals surface area contributed by atoms with E-state index in [1.165, 1.54) is 19.3 Å². The summed E-state index contributed by atoms with van der Waals surface area (Å²) in [5.41, 5.74) is 0.373. The molecule has 2 N–H and O–H groups in total. The Kier molecular flexibility index (Phi) is 1.54. The highest BCUT2D eigenvalue weighted by Crippen LogP contribution is 2.88. The number of allylic oxidation sites excluding steroid dienone is 2. The molecule has 2 atom stereocenters. The Hall–Kier alpha value is -0.340. The van der Waals surface area contributed by atoms with Crippen molar-refractivity contribution in [2.75, 3.05) is 13.2 Å². The minimum Gasteiger partial charge on any atom is -0.396 e. The Morgan fingerprint density at radius 1 is 0.929 bits per heavy atom. The number of hydrogen-bond acceptors (Lipinski definition) is 2. The smallest absolute Gasteiger partial charge is 0.0520 e. The first-order chi connectivity index (χ1) is 6.79. The van der Waals surface area contributed by atoms with Crippen LogP contribution >= 0.6 is 0 Å². The van der Waals surface area contributed by atoms with E-state index < -0.39 is 0 Å². The van der Waals surface area contributed by atoms with E-state index in [1.807, 2.05) is 0 Å². The van der Waals surface area contributed by atoms with Crippen molar-refractivity contribution in [2.24, 2.45) is 16.2 Å². The molecule has 2 heteroatoms. The maximum absolute atomic E-state index is 9.60. The third-order valence-corrected chi connectivity index (χ3v) is 5.53. The van der Waals surface area contributed by atoms with E-state index in [0.29, 0.717) is 0 Å². The summed E-state index contributed by atoms with van der Waals surface area (Å²) in [5, 5.41) is 19.2. The van der Waals surface area contributed by atoms with Crippen LogP contribution in [-0.2, 0) is 0 Å². The second-order valence-corrected chi connectivity index (χ2v) is 5.30. The maximum Gasteiger partial charge on any atom is 0.0520 e. The summed E-state index contributed by atoms with van der Waals surface area (Å²) in [4.78, 5) is 0. The van der Waals surface area contributed by atoms with Crippen LogP contribution < -0.4 is 0 Å². The lowest BCUT2D eigenvalue weighted by atomic mass is 9.86. The lowest BCUT2D eigenvalue weighted by molar-refractivity contribution is 0.0740. The zero-order valence-corrected chi connectivity index (χ0v) is 8.50. The molecule has 0 aromatic carbocycles. The van der Waals surface area contributed by atoms with Crippen LogP contribution in [0.1, 0.15) is 32.1 Å². The maximum atomic E-state index is 9.60. The molecule has 0 aromatic rings. The summed E-state index contributed by atoms with van der Waals surface area (Å²) >= 11 is 0. The van der Waals surface area contributed by atoms with Gasteiger partial charge in [-0.1, -0.05) is 18.6 Å². The van der Waals surface area contributed by atoms with Crippen LogP contribution in [0.25, 0.3) is 0 Å². The van der Waals surface area contributed by atoms with Crippen molar-refractivity contribution in [3.05, 3.63) is 12.2 Å². The molecule has 3 rings (SSSR count). The average molecular weight is 194 g/mol. The van der Waals surface area contributed by atoms with Gasteiger partial charge in [-0.25, -0.2) is 0 Å². The van der Waals surface area contributed by atoms with Gasteiger partial charge in [-0.15, -0.1) is 0 Å². The second kappa shape index (κ2) is 2.42. The summed E-state index contributed by atoms with van der Waals surface area (Å²) in [5.74, 6) is 0. The fourth-order valence-corrected chi connectivity index (χ4v) is 4.87. The Balaban J connectivity index is 2.06. The van der Waals surface area contributed by atoms with Gasteiger partial charge >= 0.3 is 0 Å². The first-order valence-electron chi connectivity index (χ1n) is 5.65. The molecule has 0 radical (unpaired) electrons. The molecule has 0 heterocycles. The number of rotatable bonds is 2. The van der Waals surface area contributed by atoms with E-state index in [9.17, 15) is 10.2 Å². The van der Waals surface area contributed by atoms with Gasteiger partial charge in [-0.3, -0.25) is 0 Å². The molecule has 2 saturated carbocycles. The van der Waals surface area contributed by atoms with Crippen LogP contribution in [0, 0.1) is 16.2 Å². The average Bonchev–Trinajstić information content (AvgIpc) is 2.51. The molecule has 14 heavy (non-hydrogen) atoms. The summed E-state index contributed by atoms with van der Waals surface area (Å²) in [6.07, 6.45) is 10.3. The van der Waals surface area contributed by atoms with E-state index in [0.717, 1.165) is 12.8 Å². The molecule has 78 valence electrons. The van der Waals surface area contributed by atoms with Crippen LogP contribution in [0.15, 0.2) is 12.2 Å². The van der Waals surface area contributed by atoms with Gasteiger partial charge in [0.05, 0.1) is 13.2 Å². The van der Waals surface area contributed by atoms with Gasteiger partial charge in [0.2, 0.25) is 0 Å². The Bertz CT molecular complexity index is 269. The molecule has 0 saturated heterocycles. The van der Waals surface area contributed by atoms with Crippen LogP contribution in [0.5, 0.6) is 0 Å². The Morgan fingerprint density at radius 2 is 1.43 bits per heavy atom. The predicted octanol–water partition coefficient (Wildman–Crippen LogP) is 1.48. The standard InChI is InChI=1S/C12H18O2/c13-8-12(9-14)10-4-1-2-5-11(10,12)7-3-6-10/h1-2,13-14H,3-9H2.